The molecule has 25 heavy (non-hydrogen) atoms. The number of rotatable bonds is 4. The molecule has 6 nitrogen and oxygen atoms in total. The van der Waals surface area contributed by atoms with E-state index < -0.39 is 12.1 Å². The molecule has 2 aliphatic rings. The number of fused-ring (bicyclic) bond motifs is 1. The summed E-state index contributed by atoms with van der Waals surface area (Å²) in [6.45, 7) is 3.16. The van der Waals surface area contributed by atoms with Crippen LogP contribution in [0.15, 0.2) is 18.3 Å². The van der Waals surface area contributed by atoms with Gasteiger partial charge in [-0.05, 0) is 43.2 Å². The Kier molecular flexibility index (Phi) is 3.94. The summed E-state index contributed by atoms with van der Waals surface area (Å²) in [6, 6.07) is 4.26. The topological polar surface area (TPSA) is 84.1 Å². The molecule has 1 amide bonds. The maximum atomic E-state index is 13.0. The SMILES string of the molecule is CC[C@H]1CCCN1c1cc2cc(NC(=O)[C@H]3C[C@H]3F)ncc2c(N)n1. The summed E-state index contributed by atoms with van der Waals surface area (Å²) in [5.74, 6) is 0.869. The predicted molar refractivity (Wildman–Crippen MR) is 96.2 cm³/mol. The molecule has 2 aromatic heterocycles. The average molecular weight is 343 g/mol. The van der Waals surface area contributed by atoms with Gasteiger partial charge >= 0.3 is 0 Å². The van der Waals surface area contributed by atoms with Gasteiger partial charge in [-0.25, -0.2) is 14.4 Å². The zero-order valence-electron chi connectivity index (χ0n) is 14.2. The van der Waals surface area contributed by atoms with Crippen LogP contribution in [-0.4, -0.2) is 34.6 Å². The average Bonchev–Trinajstić information content (AvgIpc) is 3.14. The molecular weight excluding hydrogens is 321 g/mol. The number of aromatic nitrogens is 2. The number of halogens is 1. The molecule has 2 aromatic rings. The Morgan fingerprint density at radius 3 is 3.00 bits per heavy atom. The largest absolute Gasteiger partial charge is 0.383 e. The van der Waals surface area contributed by atoms with Gasteiger partial charge in [0, 0.05) is 24.2 Å². The Labute approximate surface area is 145 Å². The van der Waals surface area contributed by atoms with E-state index in [1.54, 1.807) is 12.3 Å². The molecule has 1 aliphatic heterocycles. The molecule has 3 N–H and O–H groups in total. The first-order chi connectivity index (χ1) is 12.1. The number of carbonyl (C=O) groups excluding carboxylic acids is 1. The first-order valence-electron chi connectivity index (χ1n) is 8.84. The quantitative estimate of drug-likeness (QED) is 0.892. The fourth-order valence-electron chi connectivity index (χ4n) is 3.59. The lowest BCUT2D eigenvalue weighted by molar-refractivity contribution is -0.117. The highest BCUT2D eigenvalue weighted by molar-refractivity contribution is 5.98. The van der Waals surface area contributed by atoms with Gasteiger partial charge in [0.25, 0.3) is 0 Å². The molecule has 2 fully saturated rings. The lowest BCUT2D eigenvalue weighted by Crippen LogP contribution is -2.29. The van der Waals surface area contributed by atoms with Crippen molar-refractivity contribution in [2.75, 3.05) is 22.5 Å². The van der Waals surface area contributed by atoms with Crippen LogP contribution in [0.1, 0.15) is 32.6 Å². The summed E-state index contributed by atoms with van der Waals surface area (Å²) in [7, 11) is 0. The maximum absolute atomic E-state index is 13.0. The molecule has 0 unspecified atom stereocenters. The van der Waals surface area contributed by atoms with Crippen LogP contribution in [0, 0.1) is 5.92 Å². The molecule has 0 aromatic carbocycles. The Morgan fingerprint density at radius 1 is 1.48 bits per heavy atom. The number of alkyl halides is 1. The Hall–Kier alpha value is -2.44. The number of pyridine rings is 2. The van der Waals surface area contributed by atoms with Crippen LogP contribution in [-0.2, 0) is 4.79 Å². The summed E-state index contributed by atoms with van der Waals surface area (Å²) in [5, 5.41) is 4.32. The minimum absolute atomic E-state index is 0.299. The molecule has 7 heteroatoms. The summed E-state index contributed by atoms with van der Waals surface area (Å²) >= 11 is 0. The number of amides is 1. The third kappa shape index (κ3) is 2.99. The van der Waals surface area contributed by atoms with Crippen molar-refractivity contribution in [2.24, 2.45) is 5.92 Å². The van der Waals surface area contributed by atoms with E-state index >= 15 is 0 Å². The van der Waals surface area contributed by atoms with Crippen molar-refractivity contribution in [1.29, 1.82) is 0 Å². The number of nitrogens with one attached hydrogen (secondary N) is 1. The summed E-state index contributed by atoms with van der Waals surface area (Å²) in [5.41, 5.74) is 6.12. The van der Waals surface area contributed by atoms with Crippen LogP contribution in [0.2, 0.25) is 0 Å². The molecule has 0 radical (unpaired) electrons. The molecule has 3 atom stereocenters. The minimum atomic E-state index is -1.02. The number of carbonyl (C=O) groups is 1. The van der Waals surface area contributed by atoms with Crippen LogP contribution in [0.4, 0.5) is 21.8 Å². The fraction of sp³-hybridized carbons (Fsp3) is 0.500. The molecule has 4 rings (SSSR count). The van der Waals surface area contributed by atoms with Crippen molar-refractivity contribution in [3.05, 3.63) is 18.3 Å². The number of nitrogens with two attached hydrogens (primary N) is 1. The third-order valence-electron chi connectivity index (χ3n) is 5.17. The summed E-state index contributed by atoms with van der Waals surface area (Å²) < 4.78 is 13.0. The zero-order valence-corrected chi connectivity index (χ0v) is 14.2. The van der Waals surface area contributed by atoms with Crippen molar-refractivity contribution in [3.63, 3.8) is 0 Å². The molecule has 1 saturated carbocycles. The van der Waals surface area contributed by atoms with Gasteiger partial charge in [-0.1, -0.05) is 6.92 Å². The van der Waals surface area contributed by atoms with Crippen molar-refractivity contribution in [1.82, 2.24) is 9.97 Å². The second-order valence-electron chi connectivity index (χ2n) is 6.90. The van der Waals surface area contributed by atoms with Gasteiger partial charge < -0.3 is 16.0 Å². The van der Waals surface area contributed by atoms with E-state index in [0.29, 0.717) is 24.1 Å². The number of nitrogens with zero attached hydrogens (tertiary/aromatic N) is 3. The van der Waals surface area contributed by atoms with Gasteiger partial charge in [0.15, 0.2) is 0 Å². The van der Waals surface area contributed by atoms with Gasteiger partial charge in [0.05, 0.1) is 5.92 Å². The van der Waals surface area contributed by atoms with Gasteiger partial charge in [-0.15, -0.1) is 0 Å². The van der Waals surface area contributed by atoms with E-state index in [-0.39, 0.29) is 5.91 Å². The number of hydrogen-bond donors (Lipinski definition) is 2. The lowest BCUT2D eigenvalue weighted by atomic mass is 10.1. The normalized spacial score (nSPS) is 25.4. The highest BCUT2D eigenvalue weighted by atomic mass is 19.1. The van der Waals surface area contributed by atoms with E-state index in [1.807, 2.05) is 6.07 Å². The van der Waals surface area contributed by atoms with Crippen LogP contribution >= 0.6 is 0 Å². The smallest absolute Gasteiger partial charge is 0.231 e. The minimum Gasteiger partial charge on any atom is -0.383 e. The monoisotopic (exact) mass is 343 g/mol. The summed E-state index contributed by atoms with van der Waals surface area (Å²) in [4.78, 5) is 23.0. The zero-order chi connectivity index (χ0) is 17.6. The summed E-state index contributed by atoms with van der Waals surface area (Å²) in [6.07, 6.45) is 4.28. The van der Waals surface area contributed by atoms with Gasteiger partial charge in [-0.2, -0.15) is 0 Å². The number of nitrogen functional groups attached to an aromatic ring is 1. The lowest BCUT2D eigenvalue weighted by Gasteiger charge is -2.25. The second kappa shape index (κ2) is 6.13. The highest BCUT2D eigenvalue weighted by Gasteiger charge is 2.43. The maximum Gasteiger partial charge on any atom is 0.231 e. The van der Waals surface area contributed by atoms with Crippen molar-refractivity contribution >= 4 is 34.1 Å². The van der Waals surface area contributed by atoms with E-state index in [9.17, 15) is 9.18 Å². The molecule has 132 valence electrons. The van der Waals surface area contributed by atoms with Crippen LogP contribution in [0.5, 0.6) is 0 Å². The Morgan fingerprint density at radius 2 is 2.28 bits per heavy atom. The van der Waals surface area contributed by atoms with Crippen LogP contribution < -0.4 is 16.0 Å². The van der Waals surface area contributed by atoms with E-state index in [2.05, 4.69) is 27.1 Å². The third-order valence-corrected chi connectivity index (χ3v) is 5.17. The van der Waals surface area contributed by atoms with Crippen molar-refractivity contribution in [3.8, 4) is 0 Å². The van der Waals surface area contributed by atoms with E-state index in [4.69, 9.17) is 5.73 Å². The van der Waals surface area contributed by atoms with E-state index in [0.717, 1.165) is 36.0 Å². The van der Waals surface area contributed by atoms with Crippen LogP contribution in [0.25, 0.3) is 10.8 Å². The van der Waals surface area contributed by atoms with E-state index in [1.165, 1.54) is 6.42 Å². The van der Waals surface area contributed by atoms with Gasteiger partial charge in [-0.3, -0.25) is 4.79 Å². The van der Waals surface area contributed by atoms with Gasteiger partial charge in [0.1, 0.15) is 23.6 Å². The molecule has 3 heterocycles. The Balaban J connectivity index is 1.65. The second-order valence-corrected chi connectivity index (χ2v) is 6.90. The first-order valence-corrected chi connectivity index (χ1v) is 8.84. The standard InChI is InChI=1S/C18H22FN5O/c1-2-11-4-3-5-24(11)16-7-10-6-15(21-9-13(10)17(20)23-16)22-18(25)12-8-14(12)19/h6-7,9,11-12,14H,2-5,8H2,1H3,(H2,20,23)(H,21,22,25)/t11-,12-,14+/m0/s1. The molecule has 0 bridgehead atoms. The molecule has 0 spiro atoms. The Bertz CT molecular complexity index is 826. The van der Waals surface area contributed by atoms with Crippen LogP contribution in [0.3, 0.4) is 0 Å². The predicted octanol–water partition coefficient (Wildman–Crippen LogP) is 2.89. The number of hydrogen-bond acceptors (Lipinski definition) is 5. The molecule has 1 aliphatic carbocycles. The van der Waals surface area contributed by atoms with Crippen molar-refractivity contribution < 1.29 is 9.18 Å². The molecular formula is C18H22FN5O. The first kappa shape index (κ1) is 16.1. The number of anilines is 3. The van der Waals surface area contributed by atoms with Gasteiger partial charge in [0.2, 0.25) is 5.91 Å². The van der Waals surface area contributed by atoms with Crippen molar-refractivity contribution in [2.45, 2.75) is 44.8 Å². The highest BCUT2D eigenvalue weighted by Crippen LogP contribution is 2.35. The fourth-order valence-corrected chi connectivity index (χ4v) is 3.59. The molecule has 1 saturated heterocycles.